The van der Waals surface area contributed by atoms with Crippen LogP contribution in [-0.4, -0.2) is 63.9 Å². The number of hydrogen-bond acceptors (Lipinski definition) is 5. The third kappa shape index (κ3) is 4.51. The molecule has 1 unspecified atom stereocenters. The minimum Gasteiger partial charge on any atom is -0.493 e. The van der Waals surface area contributed by atoms with Gasteiger partial charge in [0.1, 0.15) is 0 Å². The van der Waals surface area contributed by atoms with Crippen LogP contribution in [0.5, 0.6) is 17.2 Å². The van der Waals surface area contributed by atoms with Crippen molar-refractivity contribution in [1.29, 1.82) is 0 Å². The van der Waals surface area contributed by atoms with Crippen LogP contribution in [0.15, 0.2) is 24.3 Å². The highest BCUT2D eigenvalue weighted by atomic mass is 16.5. The van der Waals surface area contributed by atoms with Gasteiger partial charge < -0.3 is 19.1 Å². The highest BCUT2D eigenvalue weighted by Crippen LogP contribution is 2.40. The van der Waals surface area contributed by atoms with Gasteiger partial charge in [-0.3, -0.25) is 4.90 Å². The second kappa shape index (κ2) is 9.28. The molecule has 5 heteroatoms. The number of benzene rings is 1. The molecule has 1 fully saturated rings. The number of methoxy groups -OCH3 is 3. The van der Waals surface area contributed by atoms with Crippen LogP contribution in [0.2, 0.25) is 0 Å². The molecule has 1 aromatic carbocycles. The summed E-state index contributed by atoms with van der Waals surface area (Å²) in [5.74, 6) is 3.01. The van der Waals surface area contributed by atoms with Crippen LogP contribution in [0.4, 0.5) is 0 Å². The Morgan fingerprint density at radius 2 is 1.62 bits per heavy atom. The molecule has 1 aliphatic carbocycles. The number of ether oxygens (including phenoxy) is 3. The van der Waals surface area contributed by atoms with E-state index in [1.54, 1.807) is 21.3 Å². The van der Waals surface area contributed by atoms with Crippen molar-refractivity contribution < 1.29 is 14.2 Å². The topological polar surface area (TPSA) is 34.2 Å². The SMILES string of the molecule is COc1ccc(CN2CCN(CC3CC=CCC3)CC2)c(OC)c1OC. The van der Waals surface area contributed by atoms with E-state index in [0.717, 1.165) is 50.0 Å². The quantitative estimate of drug-likeness (QED) is 0.698. The lowest BCUT2D eigenvalue weighted by atomic mass is 9.94. The molecule has 1 aliphatic heterocycles. The van der Waals surface area contributed by atoms with Gasteiger partial charge >= 0.3 is 0 Å². The first-order valence-corrected chi connectivity index (χ1v) is 9.62. The Morgan fingerprint density at radius 1 is 0.885 bits per heavy atom. The maximum absolute atomic E-state index is 5.62. The van der Waals surface area contributed by atoms with Crippen molar-refractivity contribution in [3.05, 3.63) is 29.8 Å². The van der Waals surface area contributed by atoms with Crippen LogP contribution < -0.4 is 14.2 Å². The molecule has 1 aromatic rings. The molecule has 2 aliphatic rings. The maximum atomic E-state index is 5.62. The molecule has 0 N–H and O–H groups in total. The van der Waals surface area contributed by atoms with Gasteiger partial charge in [0.2, 0.25) is 5.75 Å². The van der Waals surface area contributed by atoms with E-state index < -0.39 is 0 Å². The van der Waals surface area contributed by atoms with Crippen molar-refractivity contribution in [2.45, 2.75) is 25.8 Å². The molecule has 0 amide bonds. The lowest BCUT2D eigenvalue weighted by Gasteiger charge is -2.37. The first-order chi connectivity index (χ1) is 12.7. The van der Waals surface area contributed by atoms with Gasteiger partial charge in [-0.2, -0.15) is 0 Å². The highest BCUT2D eigenvalue weighted by Gasteiger charge is 2.23. The zero-order valence-corrected chi connectivity index (χ0v) is 16.4. The molecule has 3 rings (SSSR count). The van der Waals surface area contributed by atoms with E-state index in [0.29, 0.717) is 11.5 Å². The van der Waals surface area contributed by atoms with Crippen molar-refractivity contribution in [3.8, 4) is 17.2 Å². The Bertz CT molecular complexity index is 610. The van der Waals surface area contributed by atoms with Crippen molar-refractivity contribution in [2.24, 2.45) is 5.92 Å². The Hall–Kier alpha value is -1.72. The Balaban J connectivity index is 1.56. The summed E-state index contributed by atoms with van der Waals surface area (Å²) in [7, 11) is 5.00. The summed E-state index contributed by atoms with van der Waals surface area (Å²) < 4.78 is 16.5. The summed E-state index contributed by atoms with van der Waals surface area (Å²) in [6.45, 7) is 6.62. The Kier molecular flexibility index (Phi) is 6.80. The van der Waals surface area contributed by atoms with Crippen molar-refractivity contribution in [3.63, 3.8) is 0 Å². The summed E-state index contributed by atoms with van der Waals surface area (Å²) >= 11 is 0. The van der Waals surface area contributed by atoms with Gasteiger partial charge in [-0.25, -0.2) is 0 Å². The first kappa shape index (κ1) is 19.1. The van der Waals surface area contributed by atoms with E-state index in [-0.39, 0.29) is 0 Å². The van der Waals surface area contributed by atoms with E-state index in [9.17, 15) is 0 Å². The predicted molar refractivity (Wildman–Crippen MR) is 104 cm³/mol. The zero-order valence-electron chi connectivity index (χ0n) is 16.4. The monoisotopic (exact) mass is 360 g/mol. The molecule has 1 heterocycles. The van der Waals surface area contributed by atoms with E-state index in [2.05, 4.69) is 28.0 Å². The lowest BCUT2D eigenvalue weighted by molar-refractivity contribution is 0.110. The molecular formula is C21H32N2O3. The smallest absolute Gasteiger partial charge is 0.203 e. The summed E-state index contributed by atoms with van der Waals surface area (Å²) in [6, 6.07) is 4.05. The molecule has 0 spiro atoms. The number of allylic oxidation sites excluding steroid dienone is 2. The normalized spacial score (nSPS) is 21.6. The summed E-state index contributed by atoms with van der Waals surface area (Å²) in [4.78, 5) is 5.13. The second-order valence-corrected chi connectivity index (χ2v) is 7.22. The van der Waals surface area contributed by atoms with Gasteiger partial charge in [0.15, 0.2) is 11.5 Å². The molecule has 1 atom stereocenters. The maximum Gasteiger partial charge on any atom is 0.203 e. The molecular weight excluding hydrogens is 328 g/mol. The number of rotatable bonds is 7. The van der Waals surface area contributed by atoms with Crippen LogP contribution in [0.25, 0.3) is 0 Å². The molecule has 0 radical (unpaired) electrons. The fourth-order valence-corrected chi connectivity index (χ4v) is 4.05. The Morgan fingerprint density at radius 3 is 2.23 bits per heavy atom. The third-order valence-electron chi connectivity index (χ3n) is 5.54. The minimum atomic E-state index is 0.677. The average molecular weight is 360 g/mol. The van der Waals surface area contributed by atoms with Crippen molar-refractivity contribution in [2.75, 3.05) is 54.1 Å². The summed E-state index contributed by atoms with van der Waals surface area (Å²) in [5, 5.41) is 0. The van der Waals surface area contributed by atoms with E-state index in [1.807, 2.05) is 6.07 Å². The molecule has 0 saturated carbocycles. The van der Waals surface area contributed by atoms with Gasteiger partial charge in [-0.1, -0.05) is 18.2 Å². The van der Waals surface area contributed by atoms with E-state index in [4.69, 9.17) is 14.2 Å². The first-order valence-electron chi connectivity index (χ1n) is 9.62. The second-order valence-electron chi connectivity index (χ2n) is 7.22. The molecule has 26 heavy (non-hydrogen) atoms. The molecule has 0 bridgehead atoms. The fraction of sp³-hybridized carbons (Fsp3) is 0.619. The van der Waals surface area contributed by atoms with Gasteiger partial charge in [0, 0.05) is 44.8 Å². The molecule has 144 valence electrons. The predicted octanol–water partition coefficient (Wildman–Crippen LogP) is 3.19. The highest BCUT2D eigenvalue weighted by molar-refractivity contribution is 5.55. The minimum absolute atomic E-state index is 0.677. The molecule has 0 aromatic heterocycles. The molecule has 5 nitrogen and oxygen atoms in total. The molecule has 1 saturated heterocycles. The van der Waals surface area contributed by atoms with E-state index in [1.165, 1.54) is 25.8 Å². The third-order valence-corrected chi connectivity index (χ3v) is 5.54. The number of nitrogens with zero attached hydrogens (tertiary/aromatic N) is 2. The van der Waals surface area contributed by atoms with Crippen LogP contribution >= 0.6 is 0 Å². The van der Waals surface area contributed by atoms with Crippen LogP contribution in [0.3, 0.4) is 0 Å². The van der Waals surface area contributed by atoms with E-state index >= 15 is 0 Å². The van der Waals surface area contributed by atoms with Crippen molar-refractivity contribution >= 4 is 0 Å². The van der Waals surface area contributed by atoms with Gasteiger partial charge in [-0.05, 0) is 31.2 Å². The average Bonchev–Trinajstić information content (AvgIpc) is 2.69. The van der Waals surface area contributed by atoms with Crippen LogP contribution in [0.1, 0.15) is 24.8 Å². The fourth-order valence-electron chi connectivity index (χ4n) is 4.05. The van der Waals surface area contributed by atoms with Gasteiger partial charge in [0.25, 0.3) is 0 Å². The summed E-state index contributed by atoms with van der Waals surface area (Å²) in [6.07, 6.45) is 8.53. The number of hydrogen-bond donors (Lipinski definition) is 0. The lowest BCUT2D eigenvalue weighted by Crippen LogP contribution is -2.47. The van der Waals surface area contributed by atoms with Gasteiger partial charge in [0.05, 0.1) is 21.3 Å². The van der Waals surface area contributed by atoms with Crippen molar-refractivity contribution in [1.82, 2.24) is 9.80 Å². The summed E-state index contributed by atoms with van der Waals surface area (Å²) in [5.41, 5.74) is 1.15. The van der Waals surface area contributed by atoms with Crippen LogP contribution in [-0.2, 0) is 6.54 Å². The largest absolute Gasteiger partial charge is 0.493 e. The zero-order chi connectivity index (χ0) is 18.4. The van der Waals surface area contributed by atoms with Crippen LogP contribution in [0, 0.1) is 5.92 Å². The van der Waals surface area contributed by atoms with Gasteiger partial charge in [-0.15, -0.1) is 0 Å². The number of piperazine rings is 1. The standard InChI is InChI=1S/C21H32N2O3/c1-24-19-10-9-18(20(25-2)21(19)26-3)16-23-13-11-22(12-14-23)15-17-7-5-4-6-8-17/h4-5,9-10,17H,6-8,11-16H2,1-3H3. The Labute approximate surface area is 157 Å².